The molecule has 0 saturated carbocycles. The van der Waals surface area contributed by atoms with Gasteiger partial charge in [-0.1, -0.05) is 24.3 Å². The third kappa shape index (κ3) is 4.75. The molecule has 9 heteroatoms. The van der Waals surface area contributed by atoms with Gasteiger partial charge < -0.3 is 34.1 Å². The van der Waals surface area contributed by atoms with Crippen LogP contribution >= 0.6 is 0 Å². The van der Waals surface area contributed by atoms with E-state index >= 15 is 0 Å². The third-order valence-electron chi connectivity index (χ3n) is 6.16. The predicted molar refractivity (Wildman–Crippen MR) is 130 cm³/mol. The fraction of sp³-hybridized carbons (Fsp3) is 0.308. The SMILES string of the molecule is CNC(=O)OCc1c(COC(=O)NC)c(-c2ccc(OC)c(OC)c2)n2c1Cc1ccccc1C2. The second-order valence-corrected chi connectivity index (χ2v) is 8.01. The first-order valence-corrected chi connectivity index (χ1v) is 11.2. The molecule has 0 bridgehead atoms. The van der Waals surface area contributed by atoms with Crippen molar-refractivity contribution in [1.82, 2.24) is 15.2 Å². The van der Waals surface area contributed by atoms with E-state index in [1.165, 1.54) is 25.2 Å². The highest BCUT2D eigenvalue weighted by molar-refractivity contribution is 5.73. The van der Waals surface area contributed by atoms with Crippen LogP contribution in [0.4, 0.5) is 9.59 Å². The minimum Gasteiger partial charge on any atom is -0.493 e. The molecule has 0 aliphatic carbocycles. The number of carbonyl (C=O) groups is 2. The van der Waals surface area contributed by atoms with E-state index in [0.717, 1.165) is 28.1 Å². The Hall–Kier alpha value is -4.14. The first-order valence-electron chi connectivity index (χ1n) is 11.2. The van der Waals surface area contributed by atoms with Gasteiger partial charge in [0.25, 0.3) is 0 Å². The van der Waals surface area contributed by atoms with Crippen molar-refractivity contribution in [2.45, 2.75) is 26.2 Å². The number of methoxy groups -OCH3 is 2. The summed E-state index contributed by atoms with van der Waals surface area (Å²) in [5, 5.41) is 4.96. The van der Waals surface area contributed by atoms with E-state index in [2.05, 4.69) is 27.3 Å². The number of aromatic nitrogens is 1. The molecule has 0 atom stereocenters. The molecule has 184 valence electrons. The second-order valence-electron chi connectivity index (χ2n) is 8.01. The third-order valence-corrected chi connectivity index (χ3v) is 6.16. The molecule has 0 fully saturated rings. The smallest absolute Gasteiger partial charge is 0.407 e. The number of hydrogen-bond donors (Lipinski definition) is 2. The van der Waals surface area contributed by atoms with Crippen LogP contribution in [0.15, 0.2) is 42.5 Å². The number of nitrogens with zero attached hydrogens (tertiary/aromatic N) is 1. The van der Waals surface area contributed by atoms with Gasteiger partial charge in [-0.05, 0) is 29.3 Å². The molecule has 3 aromatic rings. The van der Waals surface area contributed by atoms with Crippen LogP contribution in [0.5, 0.6) is 11.5 Å². The number of nitrogens with one attached hydrogen (secondary N) is 2. The van der Waals surface area contributed by atoms with Crippen LogP contribution in [-0.2, 0) is 35.7 Å². The van der Waals surface area contributed by atoms with Gasteiger partial charge in [-0.2, -0.15) is 0 Å². The van der Waals surface area contributed by atoms with E-state index in [9.17, 15) is 9.59 Å². The van der Waals surface area contributed by atoms with E-state index < -0.39 is 12.2 Å². The summed E-state index contributed by atoms with van der Waals surface area (Å²) in [5.74, 6) is 1.19. The van der Waals surface area contributed by atoms with E-state index in [1.54, 1.807) is 14.2 Å². The Kier molecular flexibility index (Phi) is 7.14. The van der Waals surface area contributed by atoms with Crippen molar-refractivity contribution in [2.24, 2.45) is 0 Å². The Balaban J connectivity index is 1.91. The molecule has 1 aliphatic rings. The average Bonchev–Trinajstić information content (AvgIpc) is 3.20. The Bertz CT molecular complexity index is 1250. The first-order chi connectivity index (χ1) is 17.0. The van der Waals surface area contributed by atoms with Crippen molar-refractivity contribution in [3.05, 3.63) is 70.4 Å². The molecule has 2 amide bonds. The Labute approximate surface area is 203 Å². The van der Waals surface area contributed by atoms with E-state index in [1.807, 2.05) is 30.3 Å². The van der Waals surface area contributed by atoms with E-state index in [0.29, 0.717) is 24.5 Å². The molecule has 0 unspecified atom stereocenters. The molecule has 0 saturated heterocycles. The van der Waals surface area contributed by atoms with Crippen LogP contribution in [0.1, 0.15) is 27.9 Å². The number of fused-ring (bicyclic) bond motifs is 2. The largest absolute Gasteiger partial charge is 0.493 e. The first kappa shape index (κ1) is 24.0. The fourth-order valence-electron chi connectivity index (χ4n) is 4.45. The van der Waals surface area contributed by atoms with Gasteiger partial charge in [0.15, 0.2) is 11.5 Å². The van der Waals surface area contributed by atoms with Gasteiger partial charge in [0, 0.05) is 49.4 Å². The number of hydrogen-bond acceptors (Lipinski definition) is 6. The van der Waals surface area contributed by atoms with Gasteiger partial charge in [-0.25, -0.2) is 9.59 Å². The maximum Gasteiger partial charge on any atom is 0.407 e. The molecule has 2 aromatic carbocycles. The normalized spacial score (nSPS) is 11.7. The van der Waals surface area contributed by atoms with Crippen LogP contribution < -0.4 is 20.1 Å². The molecule has 0 spiro atoms. The highest BCUT2D eigenvalue weighted by Crippen LogP contribution is 2.40. The molecule has 9 nitrogen and oxygen atoms in total. The lowest BCUT2D eigenvalue weighted by molar-refractivity contribution is 0.134. The number of carbonyl (C=O) groups excluding carboxylic acids is 2. The van der Waals surface area contributed by atoms with Crippen LogP contribution in [0.3, 0.4) is 0 Å². The van der Waals surface area contributed by atoms with Crippen molar-refractivity contribution in [3.8, 4) is 22.8 Å². The van der Waals surface area contributed by atoms with Gasteiger partial charge in [0.1, 0.15) is 13.2 Å². The molecule has 1 aliphatic heterocycles. The molecular formula is C26H29N3O6. The zero-order valence-corrected chi connectivity index (χ0v) is 20.3. The summed E-state index contributed by atoms with van der Waals surface area (Å²) in [5.41, 5.74) is 6.74. The van der Waals surface area contributed by atoms with Crippen molar-refractivity contribution < 1.29 is 28.5 Å². The highest BCUT2D eigenvalue weighted by Gasteiger charge is 2.29. The number of benzene rings is 2. The highest BCUT2D eigenvalue weighted by atomic mass is 16.6. The van der Waals surface area contributed by atoms with Crippen LogP contribution in [0.25, 0.3) is 11.3 Å². The lowest BCUT2D eigenvalue weighted by Crippen LogP contribution is -2.21. The molecule has 1 aromatic heterocycles. The van der Waals surface area contributed by atoms with Gasteiger partial charge in [0.2, 0.25) is 0 Å². The van der Waals surface area contributed by atoms with Gasteiger partial charge >= 0.3 is 12.2 Å². The quantitative estimate of drug-likeness (QED) is 0.418. The summed E-state index contributed by atoms with van der Waals surface area (Å²) in [7, 11) is 6.20. The second kappa shape index (κ2) is 10.4. The standard InChI is InChI=1S/C26H29N3O6/c1-27-25(30)34-14-19-20(15-35-26(31)28-2)24(17-9-10-22(32-3)23(12-17)33-4)29-13-18-8-6-5-7-16(18)11-21(19)29/h5-10,12H,11,13-15H2,1-4H3,(H,27,30)(H,28,31). The zero-order valence-electron chi connectivity index (χ0n) is 20.3. The Morgan fingerprint density at radius 2 is 1.49 bits per heavy atom. The Morgan fingerprint density at radius 1 is 0.857 bits per heavy atom. The minimum atomic E-state index is -0.547. The summed E-state index contributed by atoms with van der Waals surface area (Å²) in [6.45, 7) is 0.672. The number of amides is 2. The molecule has 0 radical (unpaired) electrons. The Morgan fingerprint density at radius 3 is 2.11 bits per heavy atom. The van der Waals surface area contributed by atoms with Gasteiger partial charge in [-0.15, -0.1) is 0 Å². The summed E-state index contributed by atoms with van der Waals surface area (Å²) in [6, 6.07) is 13.9. The van der Waals surface area contributed by atoms with Crippen LogP contribution in [0, 0.1) is 0 Å². The topological polar surface area (TPSA) is 100 Å². The molecule has 2 heterocycles. The van der Waals surface area contributed by atoms with Crippen molar-refractivity contribution in [3.63, 3.8) is 0 Å². The predicted octanol–water partition coefficient (Wildman–Crippen LogP) is 3.84. The van der Waals surface area contributed by atoms with Crippen molar-refractivity contribution in [1.29, 1.82) is 0 Å². The monoisotopic (exact) mass is 479 g/mol. The van der Waals surface area contributed by atoms with Crippen LogP contribution in [-0.4, -0.2) is 45.1 Å². The molecular weight excluding hydrogens is 450 g/mol. The summed E-state index contributed by atoms with van der Waals surface area (Å²) < 4.78 is 24.1. The number of ether oxygens (including phenoxy) is 4. The summed E-state index contributed by atoms with van der Waals surface area (Å²) >= 11 is 0. The molecule has 2 N–H and O–H groups in total. The van der Waals surface area contributed by atoms with Gasteiger partial charge in [0.05, 0.1) is 19.9 Å². The lowest BCUT2D eigenvalue weighted by Gasteiger charge is -2.23. The summed E-state index contributed by atoms with van der Waals surface area (Å²) in [4.78, 5) is 23.9. The van der Waals surface area contributed by atoms with Crippen molar-refractivity contribution >= 4 is 12.2 Å². The number of rotatable bonds is 7. The van der Waals surface area contributed by atoms with Crippen molar-refractivity contribution in [2.75, 3.05) is 28.3 Å². The van der Waals surface area contributed by atoms with E-state index in [4.69, 9.17) is 18.9 Å². The summed E-state index contributed by atoms with van der Waals surface area (Å²) in [6.07, 6.45) is -0.427. The maximum atomic E-state index is 12.0. The van der Waals surface area contributed by atoms with Gasteiger partial charge in [-0.3, -0.25) is 0 Å². The average molecular weight is 480 g/mol. The zero-order chi connectivity index (χ0) is 24.9. The number of alkyl carbamates (subject to hydrolysis) is 2. The molecule has 4 rings (SSSR count). The lowest BCUT2D eigenvalue weighted by atomic mass is 9.97. The maximum absolute atomic E-state index is 12.0. The minimum absolute atomic E-state index is 0.00609. The van der Waals surface area contributed by atoms with Crippen LogP contribution in [0.2, 0.25) is 0 Å². The molecule has 35 heavy (non-hydrogen) atoms. The fourth-order valence-corrected chi connectivity index (χ4v) is 4.45. The van der Waals surface area contributed by atoms with E-state index in [-0.39, 0.29) is 13.2 Å².